The molecule has 2 aliphatic heterocycles. The van der Waals surface area contributed by atoms with Gasteiger partial charge in [0, 0.05) is 55.1 Å². The van der Waals surface area contributed by atoms with Crippen LogP contribution in [0.15, 0.2) is 29.1 Å². The van der Waals surface area contributed by atoms with Gasteiger partial charge in [0.2, 0.25) is 0 Å². The highest BCUT2D eigenvalue weighted by atomic mass is 16.5. The first-order valence-electron chi connectivity index (χ1n) is 9.93. The molecule has 0 saturated carbocycles. The summed E-state index contributed by atoms with van der Waals surface area (Å²) in [6.45, 7) is 10.6. The van der Waals surface area contributed by atoms with Crippen molar-refractivity contribution in [2.75, 3.05) is 26.7 Å². The topological polar surface area (TPSA) is 47.4 Å². The Morgan fingerprint density at radius 3 is 2.78 bits per heavy atom. The number of likely N-dealkylation sites (tertiary alicyclic amines) is 1. The van der Waals surface area contributed by atoms with Gasteiger partial charge in [0.25, 0.3) is 5.56 Å². The Morgan fingerprint density at radius 1 is 1.22 bits per heavy atom. The molecule has 2 bridgehead atoms. The summed E-state index contributed by atoms with van der Waals surface area (Å²) < 4.78 is 7.50. The van der Waals surface area contributed by atoms with Gasteiger partial charge < -0.3 is 14.2 Å². The number of hydrogen-bond donors (Lipinski definition) is 0. The SMILES string of the molecule is COc1ccc(C)nc1-c1cc2n(c(=O)c1)C[C@H]1C[C@@H]2CN(CC(C)C)C1. The Bertz CT molecular complexity index is 903. The monoisotopic (exact) mass is 367 g/mol. The normalized spacial score (nSPS) is 22.0. The van der Waals surface area contributed by atoms with Crippen LogP contribution in [0.1, 0.15) is 37.6 Å². The van der Waals surface area contributed by atoms with Crippen molar-refractivity contribution in [2.45, 2.75) is 39.7 Å². The molecule has 27 heavy (non-hydrogen) atoms. The Balaban J connectivity index is 1.75. The van der Waals surface area contributed by atoms with E-state index in [4.69, 9.17) is 4.74 Å². The summed E-state index contributed by atoms with van der Waals surface area (Å²) in [6.07, 6.45) is 1.18. The third-order valence-corrected chi connectivity index (χ3v) is 5.75. The Hall–Kier alpha value is -2.14. The lowest BCUT2D eigenvalue weighted by Gasteiger charge is -2.43. The van der Waals surface area contributed by atoms with E-state index in [0.717, 1.165) is 48.8 Å². The molecule has 144 valence electrons. The van der Waals surface area contributed by atoms with Crippen LogP contribution in [0.4, 0.5) is 0 Å². The summed E-state index contributed by atoms with van der Waals surface area (Å²) in [6, 6.07) is 7.76. The highest BCUT2D eigenvalue weighted by Crippen LogP contribution is 2.37. The van der Waals surface area contributed by atoms with Crippen LogP contribution in [0.2, 0.25) is 0 Å². The van der Waals surface area contributed by atoms with E-state index in [1.807, 2.05) is 23.6 Å². The molecule has 2 atom stereocenters. The van der Waals surface area contributed by atoms with Crippen LogP contribution in [-0.2, 0) is 6.54 Å². The van der Waals surface area contributed by atoms with Gasteiger partial charge in [-0.2, -0.15) is 0 Å². The molecular formula is C22H29N3O2. The fourth-order valence-electron chi connectivity index (χ4n) is 4.78. The first-order valence-corrected chi connectivity index (χ1v) is 9.93. The minimum absolute atomic E-state index is 0.0832. The quantitative estimate of drug-likeness (QED) is 0.832. The van der Waals surface area contributed by atoms with Gasteiger partial charge in [0.05, 0.1) is 7.11 Å². The molecule has 1 fully saturated rings. The number of methoxy groups -OCH3 is 1. The first kappa shape index (κ1) is 18.2. The number of aryl methyl sites for hydroxylation is 1. The molecule has 2 aromatic rings. The van der Waals surface area contributed by atoms with Crippen molar-refractivity contribution in [3.05, 3.63) is 46.0 Å². The second-order valence-corrected chi connectivity index (χ2v) is 8.53. The molecule has 0 aliphatic carbocycles. The van der Waals surface area contributed by atoms with Crippen LogP contribution in [0.5, 0.6) is 5.75 Å². The number of fused-ring (bicyclic) bond motifs is 4. The molecular weight excluding hydrogens is 338 g/mol. The van der Waals surface area contributed by atoms with Gasteiger partial charge in [0.1, 0.15) is 11.4 Å². The van der Waals surface area contributed by atoms with Gasteiger partial charge in [-0.25, -0.2) is 4.98 Å². The van der Waals surface area contributed by atoms with Crippen LogP contribution in [0, 0.1) is 18.8 Å². The number of pyridine rings is 2. The average molecular weight is 367 g/mol. The van der Waals surface area contributed by atoms with Crippen molar-refractivity contribution in [1.29, 1.82) is 0 Å². The van der Waals surface area contributed by atoms with Crippen molar-refractivity contribution in [3.8, 4) is 17.0 Å². The van der Waals surface area contributed by atoms with E-state index in [2.05, 4.69) is 29.8 Å². The minimum Gasteiger partial charge on any atom is -0.494 e. The maximum atomic E-state index is 12.9. The summed E-state index contributed by atoms with van der Waals surface area (Å²) in [7, 11) is 1.65. The Kier molecular flexibility index (Phi) is 4.81. The molecule has 0 N–H and O–H groups in total. The van der Waals surface area contributed by atoms with Crippen molar-refractivity contribution in [3.63, 3.8) is 0 Å². The maximum Gasteiger partial charge on any atom is 0.251 e. The number of aromatic nitrogens is 2. The molecule has 0 radical (unpaired) electrons. The summed E-state index contributed by atoms with van der Waals surface area (Å²) in [5, 5.41) is 0. The standard InChI is InChI=1S/C22H29N3O2/c1-14(2)10-24-11-16-7-18(13-24)19-8-17(9-21(26)25(19)12-16)22-20(27-4)6-5-15(3)23-22/h5-6,8-9,14,16,18H,7,10-13H2,1-4H3/t16-,18+/m0/s1. The molecule has 0 unspecified atom stereocenters. The molecule has 0 spiro atoms. The zero-order chi connectivity index (χ0) is 19.1. The zero-order valence-corrected chi connectivity index (χ0v) is 16.7. The molecule has 0 aromatic carbocycles. The molecule has 0 amide bonds. The largest absolute Gasteiger partial charge is 0.494 e. The third-order valence-electron chi connectivity index (χ3n) is 5.75. The van der Waals surface area contributed by atoms with Crippen LogP contribution < -0.4 is 10.3 Å². The van der Waals surface area contributed by atoms with Gasteiger partial charge in [-0.3, -0.25) is 4.79 Å². The average Bonchev–Trinajstić information content (AvgIpc) is 2.62. The van der Waals surface area contributed by atoms with E-state index in [9.17, 15) is 4.79 Å². The van der Waals surface area contributed by atoms with Crippen molar-refractivity contribution in [2.24, 2.45) is 11.8 Å². The first-order chi connectivity index (χ1) is 12.9. The van der Waals surface area contributed by atoms with Gasteiger partial charge in [-0.1, -0.05) is 13.8 Å². The van der Waals surface area contributed by atoms with E-state index in [1.165, 1.54) is 6.42 Å². The number of piperidine rings is 1. The van der Waals surface area contributed by atoms with E-state index in [0.29, 0.717) is 23.5 Å². The number of hydrogen-bond acceptors (Lipinski definition) is 4. The highest BCUT2D eigenvalue weighted by molar-refractivity contribution is 5.66. The van der Waals surface area contributed by atoms with Gasteiger partial charge in [-0.15, -0.1) is 0 Å². The zero-order valence-electron chi connectivity index (χ0n) is 16.7. The Morgan fingerprint density at radius 2 is 2.04 bits per heavy atom. The molecule has 2 aliphatic rings. The summed E-state index contributed by atoms with van der Waals surface area (Å²) in [5.74, 6) is 2.37. The predicted octanol–water partition coefficient (Wildman–Crippen LogP) is 3.30. The number of rotatable bonds is 4. The lowest BCUT2D eigenvalue weighted by atomic mass is 9.82. The molecule has 1 saturated heterocycles. The van der Waals surface area contributed by atoms with E-state index >= 15 is 0 Å². The summed E-state index contributed by atoms with van der Waals surface area (Å²) >= 11 is 0. The lowest BCUT2D eigenvalue weighted by molar-refractivity contribution is 0.109. The minimum atomic E-state index is 0.0832. The molecule has 5 nitrogen and oxygen atoms in total. The van der Waals surface area contributed by atoms with Crippen LogP contribution in [-0.4, -0.2) is 41.2 Å². The summed E-state index contributed by atoms with van der Waals surface area (Å²) in [5.41, 5.74) is 3.79. The van der Waals surface area contributed by atoms with Crippen LogP contribution in [0.25, 0.3) is 11.3 Å². The van der Waals surface area contributed by atoms with Gasteiger partial charge in [0.15, 0.2) is 0 Å². The van der Waals surface area contributed by atoms with Gasteiger partial charge in [-0.05, 0) is 43.4 Å². The van der Waals surface area contributed by atoms with E-state index < -0.39 is 0 Å². The second kappa shape index (κ2) is 7.12. The van der Waals surface area contributed by atoms with Crippen LogP contribution in [0.3, 0.4) is 0 Å². The maximum absolute atomic E-state index is 12.9. The fourth-order valence-corrected chi connectivity index (χ4v) is 4.78. The predicted molar refractivity (Wildman–Crippen MR) is 107 cm³/mol. The third kappa shape index (κ3) is 3.53. The molecule has 2 aromatic heterocycles. The van der Waals surface area contributed by atoms with Crippen LogP contribution >= 0.6 is 0 Å². The molecule has 4 rings (SSSR count). The van der Waals surface area contributed by atoms with Crippen molar-refractivity contribution < 1.29 is 4.74 Å². The van der Waals surface area contributed by atoms with Crippen molar-refractivity contribution in [1.82, 2.24) is 14.5 Å². The second-order valence-electron chi connectivity index (χ2n) is 8.53. The van der Waals surface area contributed by atoms with Crippen molar-refractivity contribution >= 4 is 0 Å². The van der Waals surface area contributed by atoms with Gasteiger partial charge >= 0.3 is 0 Å². The highest BCUT2D eigenvalue weighted by Gasteiger charge is 2.35. The Labute approximate surface area is 161 Å². The summed E-state index contributed by atoms with van der Waals surface area (Å²) in [4.78, 5) is 20.1. The van der Waals surface area contributed by atoms with E-state index in [1.54, 1.807) is 13.2 Å². The fraction of sp³-hybridized carbons (Fsp3) is 0.545. The smallest absolute Gasteiger partial charge is 0.251 e. The lowest BCUT2D eigenvalue weighted by Crippen LogP contribution is -2.48. The molecule has 4 heterocycles. The van der Waals surface area contributed by atoms with E-state index in [-0.39, 0.29) is 5.56 Å². The number of nitrogens with zero attached hydrogens (tertiary/aromatic N) is 3. The number of ether oxygens (including phenoxy) is 1. The molecule has 5 heteroatoms.